The third-order valence-corrected chi connectivity index (χ3v) is 4.47. The summed E-state index contributed by atoms with van der Waals surface area (Å²) in [5, 5.41) is 3.72. The summed E-state index contributed by atoms with van der Waals surface area (Å²) in [6, 6.07) is 0.768. The Morgan fingerprint density at radius 2 is 2.35 bits per heavy atom. The van der Waals surface area contributed by atoms with Gasteiger partial charge in [-0.3, -0.25) is 4.79 Å². The van der Waals surface area contributed by atoms with Gasteiger partial charge in [0.05, 0.1) is 6.61 Å². The van der Waals surface area contributed by atoms with Gasteiger partial charge in [-0.15, -0.1) is 0 Å². The van der Waals surface area contributed by atoms with Crippen LogP contribution in [0, 0.1) is 0 Å². The topological polar surface area (TPSA) is 59.4 Å². The standard InChI is InChI=1S/C17H30N4O2/c1-4-5-7-15(13-23-3)19-14-8-6-10-21(12-14)16-17(22)20(2)11-9-18-16/h9,11,14-15,19H,4-8,10,12-13H2,1-3H3/t14-,15-/m0/s1. The number of ether oxygens (including phenoxy) is 1. The monoisotopic (exact) mass is 322 g/mol. The molecule has 1 saturated heterocycles. The maximum atomic E-state index is 12.3. The van der Waals surface area contributed by atoms with Crippen LogP contribution >= 0.6 is 0 Å². The lowest BCUT2D eigenvalue weighted by Crippen LogP contribution is -2.51. The Kier molecular flexibility index (Phi) is 7.05. The number of rotatable bonds is 8. The van der Waals surface area contributed by atoms with Crippen molar-refractivity contribution in [1.82, 2.24) is 14.9 Å². The molecule has 1 aliphatic rings. The van der Waals surface area contributed by atoms with Crippen molar-refractivity contribution in [2.75, 3.05) is 31.7 Å². The third kappa shape index (κ3) is 5.04. The molecule has 0 amide bonds. The van der Waals surface area contributed by atoms with Gasteiger partial charge in [-0.05, 0) is 19.3 Å². The lowest BCUT2D eigenvalue weighted by Gasteiger charge is -2.35. The van der Waals surface area contributed by atoms with Crippen molar-refractivity contribution < 1.29 is 4.74 Å². The number of aryl methyl sites for hydroxylation is 1. The van der Waals surface area contributed by atoms with Gasteiger partial charge < -0.3 is 19.5 Å². The highest BCUT2D eigenvalue weighted by Crippen LogP contribution is 2.16. The molecule has 1 aromatic heterocycles. The summed E-state index contributed by atoms with van der Waals surface area (Å²) < 4.78 is 6.94. The van der Waals surface area contributed by atoms with Crippen LogP contribution in [0.5, 0.6) is 0 Å². The second-order valence-corrected chi connectivity index (χ2v) is 6.41. The van der Waals surface area contributed by atoms with E-state index < -0.39 is 0 Å². The van der Waals surface area contributed by atoms with E-state index in [1.807, 2.05) is 0 Å². The van der Waals surface area contributed by atoms with Crippen LogP contribution in [0.2, 0.25) is 0 Å². The number of nitrogens with one attached hydrogen (secondary N) is 1. The molecule has 23 heavy (non-hydrogen) atoms. The SMILES string of the molecule is CCCC[C@@H](COC)N[C@H]1CCCN(c2nccn(C)c2=O)C1. The molecule has 0 saturated carbocycles. The molecule has 6 nitrogen and oxygen atoms in total. The minimum absolute atomic E-state index is 0.0208. The summed E-state index contributed by atoms with van der Waals surface area (Å²) in [5.41, 5.74) is -0.0208. The number of methoxy groups -OCH3 is 1. The van der Waals surface area contributed by atoms with Gasteiger partial charge in [-0.1, -0.05) is 19.8 Å². The average molecular weight is 322 g/mol. The molecule has 0 aromatic carbocycles. The Morgan fingerprint density at radius 3 is 3.09 bits per heavy atom. The number of hydrogen-bond donors (Lipinski definition) is 1. The Bertz CT molecular complexity index is 532. The second kappa shape index (κ2) is 9.03. The van der Waals surface area contributed by atoms with Crippen molar-refractivity contribution in [3.05, 3.63) is 22.7 Å². The van der Waals surface area contributed by atoms with E-state index in [9.17, 15) is 4.79 Å². The number of anilines is 1. The molecule has 0 spiro atoms. The van der Waals surface area contributed by atoms with Crippen LogP contribution in [0.15, 0.2) is 17.2 Å². The first-order valence-corrected chi connectivity index (χ1v) is 8.67. The summed E-state index contributed by atoms with van der Waals surface area (Å²) in [5.74, 6) is 0.568. The smallest absolute Gasteiger partial charge is 0.293 e. The van der Waals surface area contributed by atoms with Gasteiger partial charge in [-0.25, -0.2) is 4.98 Å². The van der Waals surface area contributed by atoms with E-state index in [2.05, 4.69) is 22.1 Å². The molecule has 1 fully saturated rings. The molecular formula is C17H30N4O2. The summed E-state index contributed by atoms with van der Waals surface area (Å²) in [6.45, 7) is 4.68. The minimum Gasteiger partial charge on any atom is -0.383 e. The molecule has 1 aliphatic heterocycles. The van der Waals surface area contributed by atoms with Gasteiger partial charge in [0.25, 0.3) is 5.56 Å². The molecule has 0 unspecified atom stereocenters. The van der Waals surface area contributed by atoms with E-state index in [0.29, 0.717) is 17.9 Å². The number of unbranched alkanes of at least 4 members (excludes halogenated alkanes) is 1. The molecule has 1 aromatic rings. The quantitative estimate of drug-likeness (QED) is 0.787. The van der Waals surface area contributed by atoms with Crippen LogP contribution < -0.4 is 15.8 Å². The zero-order chi connectivity index (χ0) is 16.7. The Balaban J connectivity index is 1.99. The Morgan fingerprint density at radius 1 is 1.52 bits per heavy atom. The summed E-state index contributed by atoms with van der Waals surface area (Å²) in [6.07, 6.45) is 9.14. The highest BCUT2D eigenvalue weighted by molar-refractivity contribution is 5.36. The van der Waals surface area contributed by atoms with Crippen molar-refractivity contribution >= 4 is 5.82 Å². The molecule has 2 rings (SSSR count). The molecule has 0 bridgehead atoms. The van der Waals surface area contributed by atoms with Crippen molar-refractivity contribution in [2.45, 2.75) is 51.1 Å². The highest BCUT2D eigenvalue weighted by Gasteiger charge is 2.24. The lowest BCUT2D eigenvalue weighted by atomic mass is 10.0. The van der Waals surface area contributed by atoms with Crippen LogP contribution in [-0.4, -0.2) is 48.4 Å². The molecule has 2 atom stereocenters. The zero-order valence-corrected chi connectivity index (χ0v) is 14.6. The van der Waals surface area contributed by atoms with Gasteiger partial charge in [0.15, 0.2) is 5.82 Å². The Labute approximate surface area is 138 Å². The Hall–Kier alpha value is -1.40. The van der Waals surface area contributed by atoms with E-state index in [-0.39, 0.29) is 5.56 Å². The zero-order valence-electron chi connectivity index (χ0n) is 14.6. The molecule has 0 aliphatic carbocycles. The molecule has 130 valence electrons. The van der Waals surface area contributed by atoms with Gasteiger partial charge in [0.1, 0.15) is 0 Å². The third-order valence-electron chi connectivity index (χ3n) is 4.47. The number of aromatic nitrogens is 2. The van der Waals surface area contributed by atoms with Gasteiger partial charge in [-0.2, -0.15) is 0 Å². The molecule has 6 heteroatoms. The van der Waals surface area contributed by atoms with Crippen molar-refractivity contribution in [1.29, 1.82) is 0 Å². The van der Waals surface area contributed by atoms with Crippen LogP contribution in [0.25, 0.3) is 0 Å². The van der Waals surface area contributed by atoms with Crippen molar-refractivity contribution in [3.63, 3.8) is 0 Å². The first kappa shape index (κ1) is 17.9. The van der Waals surface area contributed by atoms with Crippen LogP contribution in [0.1, 0.15) is 39.0 Å². The predicted molar refractivity (Wildman–Crippen MR) is 93.0 cm³/mol. The van der Waals surface area contributed by atoms with E-state index in [1.165, 1.54) is 12.8 Å². The highest BCUT2D eigenvalue weighted by atomic mass is 16.5. The van der Waals surface area contributed by atoms with Crippen molar-refractivity contribution in [3.8, 4) is 0 Å². The van der Waals surface area contributed by atoms with E-state index in [0.717, 1.165) is 39.0 Å². The fraction of sp³-hybridized carbons (Fsp3) is 0.765. The van der Waals surface area contributed by atoms with E-state index in [1.54, 1.807) is 31.1 Å². The number of piperidine rings is 1. The van der Waals surface area contributed by atoms with Crippen LogP contribution in [-0.2, 0) is 11.8 Å². The number of hydrogen-bond acceptors (Lipinski definition) is 5. The number of nitrogens with zero attached hydrogens (tertiary/aromatic N) is 3. The van der Waals surface area contributed by atoms with Gasteiger partial charge in [0.2, 0.25) is 0 Å². The summed E-state index contributed by atoms with van der Waals surface area (Å²) in [4.78, 5) is 18.7. The molecule has 1 N–H and O–H groups in total. The molecule has 0 radical (unpaired) electrons. The maximum Gasteiger partial charge on any atom is 0.293 e. The summed E-state index contributed by atoms with van der Waals surface area (Å²) in [7, 11) is 3.53. The van der Waals surface area contributed by atoms with E-state index >= 15 is 0 Å². The van der Waals surface area contributed by atoms with Crippen LogP contribution in [0.3, 0.4) is 0 Å². The fourth-order valence-corrected chi connectivity index (χ4v) is 3.21. The van der Waals surface area contributed by atoms with Gasteiger partial charge in [0, 0.05) is 51.7 Å². The average Bonchev–Trinajstić information content (AvgIpc) is 2.55. The largest absolute Gasteiger partial charge is 0.383 e. The predicted octanol–water partition coefficient (Wildman–Crippen LogP) is 1.54. The first-order chi connectivity index (χ1) is 11.2. The lowest BCUT2D eigenvalue weighted by molar-refractivity contribution is 0.153. The van der Waals surface area contributed by atoms with E-state index in [4.69, 9.17) is 4.74 Å². The summed E-state index contributed by atoms with van der Waals surface area (Å²) >= 11 is 0. The first-order valence-electron chi connectivity index (χ1n) is 8.67. The molecular weight excluding hydrogens is 292 g/mol. The normalized spacial score (nSPS) is 19.8. The van der Waals surface area contributed by atoms with Crippen LogP contribution in [0.4, 0.5) is 5.82 Å². The minimum atomic E-state index is -0.0208. The fourth-order valence-electron chi connectivity index (χ4n) is 3.21. The molecule has 2 heterocycles. The van der Waals surface area contributed by atoms with Gasteiger partial charge >= 0.3 is 0 Å². The maximum absolute atomic E-state index is 12.3. The van der Waals surface area contributed by atoms with Crippen molar-refractivity contribution in [2.24, 2.45) is 7.05 Å². The second-order valence-electron chi connectivity index (χ2n) is 6.41.